The number of nitrogens with one attached hydrogen (secondary N) is 1. The summed E-state index contributed by atoms with van der Waals surface area (Å²) in [5, 5.41) is 3.88. The van der Waals surface area contributed by atoms with Crippen LogP contribution in [0.3, 0.4) is 0 Å². The summed E-state index contributed by atoms with van der Waals surface area (Å²) in [5.74, 6) is -0.301. The Bertz CT molecular complexity index is 1460. The first-order valence-electron chi connectivity index (χ1n) is 11.9. The molecule has 0 atom stereocenters. The molecule has 0 amide bonds. The predicted octanol–water partition coefficient (Wildman–Crippen LogP) is 5.52. The number of pyridine rings is 3. The van der Waals surface area contributed by atoms with Crippen molar-refractivity contribution >= 4 is 39.5 Å². The molecule has 1 aliphatic heterocycles. The number of allylic oxidation sites excluding steroid dienone is 1. The molecule has 1 saturated heterocycles. The molecule has 2 aliphatic rings. The molecule has 35 heavy (non-hydrogen) atoms. The summed E-state index contributed by atoms with van der Waals surface area (Å²) in [4.78, 5) is 16.7. The molecule has 4 aromatic rings. The highest BCUT2D eigenvalue weighted by Gasteiger charge is 2.28. The van der Waals surface area contributed by atoms with Crippen LogP contribution < -0.4 is 10.2 Å². The lowest BCUT2D eigenvalue weighted by Gasteiger charge is -2.33. The lowest BCUT2D eigenvalue weighted by atomic mass is 9.98. The van der Waals surface area contributed by atoms with Gasteiger partial charge in [-0.2, -0.15) is 0 Å². The molecule has 5 nitrogen and oxygen atoms in total. The first kappa shape index (κ1) is 22.1. The molecule has 176 valence electrons. The average molecular weight is 486 g/mol. The zero-order valence-electron chi connectivity index (χ0n) is 19.4. The molecular formula is C28H25ClFN5. The summed E-state index contributed by atoms with van der Waals surface area (Å²) in [6, 6.07) is 15.2. The monoisotopic (exact) mass is 485 g/mol. The Balaban J connectivity index is 1.46. The van der Waals surface area contributed by atoms with E-state index >= 15 is 0 Å². The van der Waals surface area contributed by atoms with Crippen LogP contribution in [0.2, 0.25) is 5.02 Å². The van der Waals surface area contributed by atoms with Gasteiger partial charge < -0.3 is 10.2 Å². The summed E-state index contributed by atoms with van der Waals surface area (Å²) in [6.45, 7) is 1.97. The lowest BCUT2D eigenvalue weighted by molar-refractivity contribution is 0.442. The minimum Gasteiger partial charge on any atom is -0.370 e. The quantitative estimate of drug-likeness (QED) is 0.412. The van der Waals surface area contributed by atoms with E-state index in [4.69, 9.17) is 16.6 Å². The molecule has 0 unspecified atom stereocenters. The Labute approximate surface area is 208 Å². The van der Waals surface area contributed by atoms with Crippen LogP contribution in [0.25, 0.3) is 22.2 Å². The number of rotatable bonds is 4. The molecule has 4 heterocycles. The summed E-state index contributed by atoms with van der Waals surface area (Å²) in [5.41, 5.74) is 7.58. The van der Waals surface area contributed by atoms with Crippen LogP contribution in [0.1, 0.15) is 35.4 Å². The summed E-state index contributed by atoms with van der Waals surface area (Å²) in [7, 11) is 2.03. The van der Waals surface area contributed by atoms with Crippen LogP contribution in [0.5, 0.6) is 0 Å². The molecule has 1 aromatic carbocycles. The maximum atomic E-state index is 14.9. The van der Waals surface area contributed by atoms with E-state index in [1.165, 1.54) is 6.07 Å². The maximum Gasteiger partial charge on any atom is 0.130 e. The van der Waals surface area contributed by atoms with Crippen molar-refractivity contribution in [2.75, 3.05) is 25.0 Å². The fraction of sp³-hybridized carbons (Fsp3) is 0.250. The first-order chi connectivity index (χ1) is 17.1. The van der Waals surface area contributed by atoms with Crippen molar-refractivity contribution in [2.45, 2.75) is 25.3 Å². The number of hydrogen-bond acceptors (Lipinski definition) is 5. The van der Waals surface area contributed by atoms with Gasteiger partial charge in [0.05, 0.1) is 34.3 Å². The highest BCUT2D eigenvalue weighted by atomic mass is 35.5. The van der Waals surface area contributed by atoms with Gasteiger partial charge in [-0.25, -0.2) is 9.37 Å². The van der Waals surface area contributed by atoms with Crippen LogP contribution >= 0.6 is 11.6 Å². The second-order valence-corrected chi connectivity index (χ2v) is 9.58. The number of hydrogen-bond donors (Lipinski definition) is 1. The van der Waals surface area contributed by atoms with E-state index in [2.05, 4.69) is 26.3 Å². The molecular weight excluding hydrogens is 461 g/mol. The van der Waals surface area contributed by atoms with Crippen LogP contribution in [-0.2, 0) is 6.42 Å². The average Bonchev–Trinajstić information content (AvgIpc) is 3.29. The third-order valence-electron chi connectivity index (χ3n) is 7.10. The van der Waals surface area contributed by atoms with Crippen LogP contribution in [0, 0.1) is 5.82 Å². The van der Waals surface area contributed by atoms with Crippen molar-refractivity contribution < 1.29 is 4.39 Å². The lowest BCUT2D eigenvalue weighted by Crippen LogP contribution is -2.41. The number of nitrogens with zero attached hydrogens (tertiary/aromatic N) is 4. The summed E-state index contributed by atoms with van der Waals surface area (Å²) >= 11 is 6.25. The van der Waals surface area contributed by atoms with E-state index < -0.39 is 0 Å². The number of fused-ring (bicyclic) bond motifs is 2. The number of aromatic nitrogens is 3. The number of halogens is 2. The fourth-order valence-corrected chi connectivity index (χ4v) is 5.37. The SMILES string of the molecule is CNC1CCN(c2cnc3ccc(C4=C(c5cc(Cl)ccc5F)Cc5cccnc54)nc3c2)CC1. The van der Waals surface area contributed by atoms with Crippen LogP contribution in [0.15, 0.2) is 60.9 Å². The van der Waals surface area contributed by atoms with Gasteiger partial charge in [0.15, 0.2) is 0 Å². The zero-order valence-corrected chi connectivity index (χ0v) is 20.2. The largest absolute Gasteiger partial charge is 0.370 e. The number of piperidine rings is 1. The predicted molar refractivity (Wildman–Crippen MR) is 139 cm³/mol. The van der Waals surface area contributed by atoms with Gasteiger partial charge in [0.1, 0.15) is 5.82 Å². The van der Waals surface area contributed by atoms with Gasteiger partial charge in [-0.3, -0.25) is 9.97 Å². The summed E-state index contributed by atoms with van der Waals surface area (Å²) < 4.78 is 14.9. The molecule has 0 bridgehead atoms. The van der Waals surface area contributed by atoms with Gasteiger partial charge in [-0.15, -0.1) is 0 Å². The van der Waals surface area contributed by atoms with Crippen LogP contribution in [0.4, 0.5) is 10.1 Å². The normalized spacial score (nSPS) is 16.3. The molecule has 0 saturated carbocycles. The molecule has 1 N–H and O–H groups in total. The minimum atomic E-state index is -0.301. The van der Waals surface area contributed by atoms with Crippen molar-refractivity contribution in [1.82, 2.24) is 20.3 Å². The van der Waals surface area contributed by atoms with E-state index in [1.807, 2.05) is 37.5 Å². The van der Waals surface area contributed by atoms with Crippen molar-refractivity contribution in [3.8, 4) is 0 Å². The van der Waals surface area contributed by atoms with E-state index in [0.29, 0.717) is 23.0 Å². The van der Waals surface area contributed by atoms with Gasteiger partial charge in [0, 0.05) is 47.9 Å². The van der Waals surface area contributed by atoms with Crippen LogP contribution in [-0.4, -0.2) is 41.1 Å². The Morgan fingerprint density at radius 2 is 1.89 bits per heavy atom. The van der Waals surface area contributed by atoms with Crippen molar-refractivity contribution in [3.05, 3.63) is 94.3 Å². The Morgan fingerprint density at radius 3 is 2.71 bits per heavy atom. The van der Waals surface area contributed by atoms with Gasteiger partial charge in [0.25, 0.3) is 0 Å². The topological polar surface area (TPSA) is 53.9 Å². The van der Waals surface area contributed by atoms with Gasteiger partial charge in [0.2, 0.25) is 0 Å². The second kappa shape index (κ2) is 9.02. The van der Waals surface area contributed by atoms with Gasteiger partial charge >= 0.3 is 0 Å². The maximum absolute atomic E-state index is 14.9. The fourth-order valence-electron chi connectivity index (χ4n) is 5.20. The number of anilines is 1. The van der Waals surface area contributed by atoms with Crippen molar-refractivity contribution in [1.29, 1.82) is 0 Å². The second-order valence-electron chi connectivity index (χ2n) is 9.14. The Kier molecular flexibility index (Phi) is 5.71. The molecule has 0 radical (unpaired) electrons. The molecule has 3 aromatic heterocycles. The van der Waals surface area contributed by atoms with Gasteiger partial charge in [-0.05, 0) is 73.5 Å². The molecule has 7 heteroatoms. The first-order valence-corrected chi connectivity index (χ1v) is 12.3. The molecule has 0 spiro atoms. The molecule has 6 rings (SSSR count). The van der Waals surface area contributed by atoms with E-state index in [1.54, 1.807) is 18.3 Å². The number of benzene rings is 1. The molecule has 1 aliphatic carbocycles. The summed E-state index contributed by atoms with van der Waals surface area (Å²) in [6.07, 6.45) is 6.49. The highest BCUT2D eigenvalue weighted by Crippen LogP contribution is 2.42. The van der Waals surface area contributed by atoms with Gasteiger partial charge in [-0.1, -0.05) is 17.7 Å². The van der Waals surface area contributed by atoms with Crippen molar-refractivity contribution in [3.63, 3.8) is 0 Å². The standard InChI is InChI=1S/C28H25ClFN5/c1-31-19-8-11-35(12-9-19)20-15-26-24(33-16-20)6-7-25(34-26)27-22(13-17-3-2-10-32-28(17)27)21-14-18(29)4-5-23(21)30/h2-7,10,14-16,19,31H,8-9,11-13H2,1H3. The van der Waals surface area contributed by atoms with Crippen molar-refractivity contribution in [2.24, 2.45) is 0 Å². The third-order valence-corrected chi connectivity index (χ3v) is 7.33. The Hall–Kier alpha value is -3.35. The van der Waals surface area contributed by atoms with E-state index in [9.17, 15) is 4.39 Å². The smallest absolute Gasteiger partial charge is 0.130 e. The highest BCUT2D eigenvalue weighted by molar-refractivity contribution is 6.30. The Morgan fingerprint density at radius 1 is 1.03 bits per heavy atom. The zero-order chi connectivity index (χ0) is 23.9. The third kappa shape index (κ3) is 4.07. The van der Waals surface area contributed by atoms with E-state index in [-0.39, 0.29) is 5.82 Å². The molecule has 1 fully saturated rings. The minimum absolute atomic E-state index is 0.301. The van der Waals surface area contributed by atoms with E-state index in [0.717, 1.165) is 70.7 Å².